The quantitative estimate of drug-likeness (QED) is 0.695. The molecule has 1 N–H and O–H groups in total. The predicted molar refractivity (Wildman–Crippen MR) is 75.2 cm³/mol. The van der Waals surface area contributed by atoms with Crippen LogP contribution in [0.1, 0.15) is 27.3 Å². The molecule has 0 fully saturated rings. The molecule has 0 saturated heterocycles. The molecule has 0 saturated carbocycles. The number of carbonyl (C=O) groups excluding carboxylic acids is 1. The zero-order valence-electron chi connectivity index (χ0n) is 10.5. The van der Waals surface area contributed by atoms with E-state index in [1.165, 1.54) is 40.5 Å². The average molecular weight is 289 g/mol. The zero-order chi connectivity index (χ0) is 14.1. The number of aromatic nitrogens is 1. The Balaban J connectivity index is 1.73. The van der Waals surface area contributed by atoms with Crippen LogP contribution in [0.2, 0.25) is 0 Å². The van der Waals surface area contributed by atoms with Crippen molar-refractivity contribution in [3.63, 3.8) is 0 Å². The zero-order valence-corrected chi connectivity index (χ0v) is 11.3. The van der Waals surface area contributed by atoms with E-state index in [9.17, 15) is 14.9 Å². The van der Waals surface area contributed by atoms with E-state index in [0.717, 1.165) is 25.0 Å². The Bertz CT molecular complexity index is 657. The van der Waals surface area contributed by atoms with Crippen molar-refractivity contribution in [1.29, 1.82) is 0 Å². The van der Waals surface area contributed by atoms with Crippen LogP contribution >= 0.6 is 11.3 Å². The molecule has 6 nitrogen and oxygen atoms in total. The van der Waals surface area contributed by atoms with Crippen LogP contribution in [0.3, 0.4) is 0 Å². The van der Waals surface area contributed by atoms with E-state index in [4.69, 9.17) is 0 Å². The number of nitrogens with zero attached hydrogens (tertiary/aromatic N) is 2. The van der Waals surface area contributed by atoms with Gasteiger partial charge in [0.1, 0.15) is 0 Å². The van der Waals surface area contributed by atoms with E-state index >= 15 is 0 Å². The maximum absolute atomic E-state index is 12.0. The molecule has 0 spiro atoms. The first-order valence-corrected chi connectivity index (χ1v) is 6.99. The minimum Gasteiger partial charge on any atom is -0.298 e. The standard InChI is InChI=1S/C13H11N3O3S/c17-12(8-4-6-9(7-5-8)16(18)19)15-13-14-10-2-1-3-11(10)20-13/h4-7H,1-3H2,(H,14,15,17). The van der Waals surface area contributed by atoms with Crippen molar-refractivity contribution in [1.82, 2.24) is 4.98 Å². The van der Waals surface area contributed by atoms with Gasteiger partial charge in [0.05, 0.1) is 10.6 Å². The lowest BCUT2D eigenvalue weighted by atomic mass is 10.2. The van der Waals surface area contributed by atoms with Crippen LogP contribution in [0.5, 0.6) is 0 Å². The van der Waals surface area contributed by atoms with Crippen LogP contribution < -0.4 is 5.32 Å². The number of thiazole rings is 1. The average Bonchev–Trinajstić information content (AvgIpc) is 2.99. The molecule has 1 aliphatic rings. The Kier molecular flexibility index (Phi) is 3.19. The molecule has 3 rings (SSSR count). The van der Waals surface area contributed by atoms with Gasteiger partial charge in [0.25, 0.3) is 11.6 Å². The molecule has 0 bridgehead atoms. The van der Waals surface area contributed by atoms with Gasteiger partial charge in [-0.05, 0) is 31.4 Å². The van der Waals surface area contributed by atoms with Gasteiger partial charge < -0.3 is 0 Å². The molecule has 7 heteroatoms. The molecule has 1 aromatic heterocycles. The number of anilines is 1. The van der Waals surface area contributed by atoms with Gasteiger partial charge in [-0.1, -0.05) is 0 Å². The largest absolute Gasteiger partial charge is 0.298 e. The van der Waals surface area contributed by atoms with Crippen LogP contribution in [0.25, 0.3) is 0 Å². The highest BCUT2D eigenvalue weighted by Gasteiger charge is 2.18. The lowest BCUT2D eigenvalue weighted by molar-refractivity contribution is -0.384. The highest BCUT2D eigenvalue weighted by Crippen LogP contribution is 2.30. The summed E-state index contributed by atoms with van der Waals surface area (Å²) in [6.07, 6.45) is 3.13. The van der Waals surface area contributed by atoms with Crippen LogP contribution in [0.4, 0.5) is 10.8 Å². The maximum Gasteiger partial charge on any atom is 0.269 e. The molecule has 1 aliphatic carbocycles. The van der Waals surface area contributed by atoms with Gasteiger partial charge >= 0.3 is 0 Å². The SMILES string of the molecule is O=C(Nc1nc2c(s1)CCC2)c1ccc([N+](=O)[O-])cc1. The van der Waals surface area contributed by atoms with Gasteiger partial charge in [-0.3, -0.25) is 20.2 Å². The highest BCUT2D eigenvalue weighted by atomic mass is 32.1. The number of nitro groups is 1. The first-order chi connectivity index (χ1) is 9.63. The minimum absolute atomic E-state index is 0.0326. The van der Waals surface area contributed by atoms with Gasteiger partial charge in [-0.25, -0.2) is 4.98 Å². The Hall–Kier alpha value is -2.28. The number of non-ortho nitro benzene ring substituents is 1. The van der Waals surface area contributed by atoms with Gasteiger partial charge in [-0.15, -0.1) is 11.3 Å². The third kappa shape index (κ3) is 2.39. The topological polar surface area (TPSA) is 85.1 Å². The highest BCUT2D eigenvalue weighted by molar-refractivity contribution is 7.15. The molecule has 2 aromatic rings. The van der Waals surface area contributed by atoms with E-state index in [-0.39, 0.29) is 11.6 Å². The molecule has 1 heterocycles. The number of nitrogens with one attached hydrogen (secondary N) is 1. The molecule has 0 atom stereocenters. The molecule has 0 unspecified atom stereocenters. The van der Waals surface area contributed by atoms with E-state index in [1.54, 1.807) is 0 Å². The number of carbonyl (C=O) groups is 1. The maximum atomic E-state index is 12.0. The fourth-order valence-electron chi connectivity index (χ4n) is 2.15. The summed E-state index contributed by atoms with van der Waals surface area (Å²) in [5.74, 6) is -0.299. The summed E-state index contributed by atoms with van der Waals surface area (Å²) < 4.78 is 0. The fourth-order valence-corrected chi connectivity index (χ4v) is 3.19. The smallest absolute Gasteiger partial charge is 0.269 e. The molecule has 0 aliphatic heterocycles. The summed E-state index contributed by atoms with van der Waals surface area (Å²) >= 11 is 1.50. The number of hydrogen-bond donors (Lipinski definition) is 1. The monoisotopic (exact) mass is 289 g/mol. The summed E-state index contributed by atoms with van der Waals surface area (Å²) in [6.45, 7) is 0. The Labute approximate surface area is 118 Å². The summed E-state index contributed by atoms with van der Waals surface area (Å²) in [5, 5.41) is 13.9. The van der Waals surface area contributed by atoms with Gasteiger partial charge in [0, 0.05) is 22.6 Å². The summed E-state index contributed by atoms with van der Waals surface area (Å²) in [7, 11) is 0. The fraction of sp³-hybridized carbons (Fsp3) is 0.231. The van der Waals surface area contributed by atoms with Crippen molar-refractivity contribution >= 4 is 28.1 Å². The number of nitro benzene ring substituents is 1. The lowest BCUT2D eigenvalue weighted by Gasteiger charge is -2.01. The van der Waals surface area contributed by atoms with Crippen molar-refractivity contribution in [3.05, 3.63) is 50.5 Å². The molecule has 1 aromatic carbocycles. The van der Waals surface area contributed by atoms with Crippen LogP contribution in [-0.2, 0) is 12.8 Å². The molecule has 1 amide bonds. The predicted octanol–water partition coefficient (Wildman–Crippen LogP) is 2.79. The Morgan fingerprint density at radius 1 is 1.30 bits per heavy atom. The number of fused-ring (bicyclic) bond motifs is 1. The first kappa shape index (κ1) is 12.7. The molecular formula is C13H11N3O3S. The first-order valence-electron chi connectivity index (χ1n) is 6.18. The second-order valence-electron chi connectivity index (χ2n) is 4.50. The van der Waals surface area contributed by atoms with Crippen molar-refractivity contribution in [3.8, 4) is 0 Å². The third-order valence-corrected chi connectivity index (χ3v) is 4.23. The molecule has 102 valence electrons. The van der Waals surface area contributed by atoms with Gasteiger partial charge in [0.2, 0.25) is 0 Å². The van der Waals surface area contributed by atoms with Crippen LogP contribution in [0, 0.1) is 10.1 Å². The third-order valence-electron chi connectivity index (χ3n) is 3.16. The summed E-state index contributed by atoms with van der Waals surface area (Å²) in [5.41, 5.74) is 1.43. The second kappa shape index (κ2) is 5.01. The van der Waals surface area contributed by atoms with Crippen LogP contribution in [-0.4, -0.2) is 15.8 Å². The van der Waals surface area contributed by atoms with Crippen LogP contribution in [0.15, 0.2) is 24.3 Å². The molecule has 20 heavy (non-hydrogen) atoms. The normalized spacial score (nSPS) is 13.0. The van der Waals surface area contributed by atoms with Gasteiger partial charge in [-0.2, -0.15) is 0 Å². The molecule has 0 radical (unpaired) electrons. The Morgan fingerprint density at radius 3 is 2.70 bits per heavy atom. The summed E-state index contributed by atoms with van der Waals surface area (Å²) in [6, 6.07) is 5.51. The van der Waals surface area contributed by atoms with Gasteiger partial charge in [0.15, 0.2) is 5.13 Å². The van der Waals surface area contributed by atoms with E-state index in [0.29, 0.717) is 10.7 Å². The number of hydrogen-bond acceptors (Lipinski definition) is 5. The minimum atomic E-state index is -0.493. The van der Waals surface area contributed by atoms with Crippen molar-refractivity contribution in [2.75, 3.05) is 5.32 Å². The number of rotatable bonds is 3. The number of benzene rings is 1. The second-order valence-corrected chi connectivity index (χ2v) is 5.58. The summed E-state index contributed by atoms with van der Waals surface area (Å²) in [4.78, 5) is 27.7. The number of aryl methyl sites for hydroxylation is 2. The van der Waals surface area contributed by atoms with Crippen molar-refractivity contribution < 1.29 is 9.72 Å². The van der Waals surface area contributed by atoms with Crippen molar-refractivity contribution in [2.45, 2.75) is 19.3 Å². The number of amides is 1. The van der Waals surface area contributed by atoms with E-state index < -0.39 is 4.92 Å². The van der Waals surface area contributed by atoms with Crippen molar-refractivity contribution in [2.24, 2.45) is 0 Å². The lowest BCUT2D eigenvalue weighted by Crippen LogP contribution is -2.11. The Morgan fingerprint density at radius 2 is 2.05 bits per heavy atom. The van der Waals surface area contributed by atoms with E-state index in [1.807, 2.05) is 0 Å². The molecular weight excluding hydrogens is 278 g/mol. The van der Waals surface area contributed by atoms with E-state index in [2.05, 4.69) is 10.3 Å².